The van der Waals surface area contributed by atoms with Crippen LogP contribution in [0.15, 0.2) is 0 Å². The van der Waals surface area contributed by atoms with Crippen LogP contribution in [0.1, 0.15) is 19.8 Å². The summed E-state index contributed by atoms with van der Waals surface area (Å²) in [6.45, 7) is 1.79. The molecule has 0 aromatic heterocycles. The van der Waals surface area contributed by atoms with Gasteiger partial charge in [0.2, 0.25) is 0 Å². The zero-order chi connectivity index (χ0) is 9.30. The van der Waals surface area contributed by atoms with Crippen molar-refractivity contribution in [2.45, 2.75) is 19.8 Å². The maximum absolute atomic E-state index is 10.6. The first kappa shape index (κ1) is 9.03. The van der Waals surface area contributed by atoms with E-state index in [0.717, 1.165) is 0 Å². The highest BCUT2D eigenvalue weighted by molar-refractivity contribution is 5.75. The molecule has 12 heavy (non-hydrogen) atoms. The minimum absolute atomic E-state index is 0.0106. The minimum Gasteiger partial charge on any atom is -0.481 e. The molecule has 0 heterocycles. The van der Waals surface area contributed by atoms with Crippen molar-refractivity contribution in [3.8, 4) is 0 Å². The molecule has 0 aromatic rings. The minimum atomic E-state index is -0.870. The summed E-state index contributed by atoms with van der Waals surface area (Å²) in [4.78, 5) is 21.1. The van der Waals surface area contributed by atoms with Crippen molar-refractivity contribution in [2.24, 2.45) is 17.8 Å². The molecule has 0 aliphatic heterocycles. The second-order valence-corrected chi connectivity index (χ2v) is 3.43. The highest BCUT2D eigenvalue weighted by Gasteiger charge is 2.39. The number of carboxylic acids is 2. The summed E-state index contributed by atoms with van der Waals surface area (Å²) in [6.07, 6.45) is 0.776. The molecule has 1 aliphatic rings. The van der Waals surface area contributed by atoms with Gasteiger partial charge in [-0.2, -0.15) is 0 Å². The van der Waals surface area contributed by atoms with Crippen molar-refractivity contribution in [3.05, 3.63) is 0 Å². The number of hydrogen-bond acceptors (Lipinski definition) is 2. The molecule has 2 N–H and O–H groups in total. The molecule has 0 bridgehead atoms. The molecule has 0 radical (unpaired) electrons. The van der Waals surface area contributed by atoms with Crippen molar-refractivity contribution in [2.75, 3.05) is 0 Å². The second kappa shape index (κ2) is 3.13. The van der Waals surface area contributed by atoms with Crippen LogP contribution in [0.5, 0.6) is 0 Å². The summed E-state index contributed by atoms with van der Waals surface area (Å²) in [5.41, 5.74) is 0. The van der Waals surface area contributed by atoms with E-state index in [9.17, 15) is 9.59 Å². The highest BCUT2D eigenvalue weighted by Crippen LogP contribution is 2.36. The van der Waals surface area contributed by atoms with Crippen molar-refractivity contribution < 1.29 is 19.8 Å². The molecule has 0 saturated heterocycles. The van der Waals surface area contributed by atoms with Crippen LogP contribution in [-0.4, -0.2) is 22.2 Å². The number of aliphatic carboxylic acids is 2. The first-order chi connectivity index (χ1) is 5.52. The zero-order valence-corrected chi connectivity index (χ0v) is 6.86. The monoisotopic (exact) mass is 172 g/mol. The molecular weight excluding hydrogens is 160 g/mol. The van der Waals surface area contributed by atoms with Gasteiger partial charge in [0, 0.05) is 0 Å². The van der Waals surface area contributed by atoms with E-state index in [0.29, 0.717) is 6.42 Å². The average molecular weight is 172 g/mol. The van der Waals surface area contributed by atoms with Crippen LogP contribution in [0.2, 0.25) is 0 Å². The number of rotatable bonds is 2. The lowest BCUT2D eigenvalue weighted by Crippen LogP contribution is -2.16. The molecule has 1 aliphatic carbocycles. The Morgan fingerprint density at radius 2 is 1.75 bits per heavy atom. The molecule has 0 spiro atoms. The van der Waals surface area contributed by atoms with E-state index in [1.165, 1.54) is 0 Å². The SMILES string of the molecule is C[C@H]1C[C@@H](C(=O)O)C[C@H]1C(=O)O. The maximum atomic E-state index is 10.6. The summed E-state index contributed by atoms with van der Waals surface area (Å²) >= 11 is 0. The molecule has 4 heteroatoms. The third kappa shape index (κ3) is 1.57. The molecule has 1 fully saturated rings. The first-order valence-electron chi connectivity index (χ1n) is 3.98. The fourth-order valence-electron chi connectivity index (χ4n) is 1.79. The quantitative estimate of drug-likeness (QED) is 0.646. The van der Waals surface area contributed by atoms with Crippen LogP contribution in [0.25, 0.3) is 0 Å². The van der Waals surface area contributed by atoms with Crippen LogP contribution in [0, 0.1) is 17.8 Å². The van der Waals surface area contributed by atoms with Crippen LogP contribution in [0.4, 0.5) is 0 Å². The molecule has 68 valence electrons. The Labute approximate surface area is 70.2 Å². The summed E-state index contributed by atoms with van der Waals surface area (Å²) in [5, 5.41) is 17.3. The topological polar surface area (TPSA) is 74.6 Å². The largest absolute Gasteiger partial charge is 0.481 e. The predicted octanol–water partition coefficient (Wildman–Crippen LogP) is 0.818. The Morgan fingerprint density at radius 3 is 2.00 bits per heavy atom. The van der Waals surface area contributed by atoms with Gasteiger partial charge in [0.15, 0.2) is 0 Å². The molecule has 1 saturated carbocycles. The van der Waals surface area contributed by atoms with Gasteiger partial charge in [-0.1, -0.05) is 6.92 Å². The number of carbonyl (C=O) groups is 2. The fourth-order valence-corrected chi connectivity index (χ4v) is 1.79. The van der Waals surface area contributed by atoms with Crippen molar-refractivity contribution >= 4 is 11.9 Å². The van der Waals surface area contributed by atoms with Gasteiger partial charge < -0.3 is 10.2 Å². The Morgan fingerprint density at radius 1 is 1.17 bits per heavy atom. The van der Waals surface area contributed by atoms with E-state index >= 15 is 0 Å². The Kier molecular flexibility index (Phi) is 2.35. The normalized spacial score (nSPS) is 34.9. The summed E-state index contributed by atoms with van der Waals surface area (Å²) in [6, 6.07) is 0. The molecule has 0 amide bonds. The van der Waals surface area contributed by atoms with Gasteiger partial charge in [0.25, 0.3) is 0 Å². The summed E-state index contributed by atoms with van der Waals surface area (Å²) in [5.74, 6) is -2.67. The number of carboxylic acid groups (broad SMARTS) is 2. The summed E-state index contributed by atoms with van der Waals surface area (Å²) < 4.78 is 0. The second-order valence-electron chi connectivity index (χ2n) is 3.43. The molecule has 1 rings (SSSR count). The Bertz CT molecular complexity index is 211. The number of hydrogen-bond donors (Lipinski definition) is 2. The third-order valence-electron chi connectivity index (χ3n) is 2.55. The van der Waals surface area contributed by atoms with E-state index in [2.05, 4.69) is 0 Å². The van der Waals surface area contributed by atoms with Crippen LogP contribution in [0.3, 0.4) is 0 Å². The molecule has 0 aromatic carbocycles. The molecule has 3 atom stereocenters. The molecule has 4 nitrogen and oxygen atoms in total. The maximum Gasteiger partial charge on any atom is 0.306 e. The summed E-state index contributed by atoms with van der Waals surface area (Å²) in [7, 11) is 0. The van der Waals surface area contributed by atoms with Gasteiger partial charge in [-0.3, -0.25) is 9.59 Å². The standard InChI is InChI=1S/C8H12O4/c1-4-2-5(7(9)10)3-6(4)8(11)12/h4-6H,2-3H2,1H3,(H,9,10)(H,11,12)/t4-,5+,6+/m0/s1. The lowest BCUT2D eigenvalue weighted by molar-refractivity contribution is -0.143. The van der Waals surface area contributed by atoms with Gasteiger partial charge in [-0.05, 0) is 18.8 Å². The van der Waals surface area contributed by atoms with Gasteiger partial charge in [-0.25, -0.2) is 0 Å². The van der Waals surface area contributed by atoms with Crippen molar-refractivity contribution in [1.29, 1.82) is 0 Å². The molecular formula is C8H12O4. The highest BCUT2D eigenvalue weighted by atomic mass is 16.4. The average Bonchev–Trinajstić information content (AvgIpc) is 2.30. The Hall–Kier alpha value is -1.06. The smallest absolute Gasteiger partial charge is 0.306 e. The lowest BCUT2D eigenvalue weighted by atomic mass is 9.99. The Balaban J connectivity index is 2.62. The van der Waals surface area contributed by atoms with Crippen LogP contribution < -0.4 is 0 Å². The van der Waals surface area contributed by atoms with E-state index in [1.807, 2.05) is 0 Å². The van der Waals surface area contributed by atoms with Gasteiger partial charge in [0.1, 0.15) is 0 Å². The van der Waals surface area contributed by atoms with Crippen LogP contribution in [-0.2, 0) is 9.59 Å². The fraction of sp³-hybridized carbons (Fsp3) is 0.750. The van der Waals surface area contributed by atoms with E-state index in [1.54, 1.807) is 6.92 Å². The van der Waals surface area contributed by atoms with Crippen LogP contribution >= 0.6 is 0 Å². The third-order valence-corrected chi connectivity index (χ3v) is 2.55. The van der Waals surface area contributed by atoms with Gasteiger partial charge in [0.05, 0.1) is 11.8 Å². The van der Waals surface area contributed by atoms with Crippen molar-refractivity contribution in [1.82, 2.24) is 0 Å². The van der Waals surface area contributed by atoms with E-state index < -0.39 is 23.8 Å². The van der Waals surface area contributed by atoms with E-state index in [-0.39, 0.29) is 12.3 Å². The van der Waals surface area contributed by atoms with E-state index in [4.69, 9.17) is 10.2 Å². The first-order valence-corrected chi connectivity index (χ1v) is 3.98. The van der Waals surface area contributed by atoms with Gasteiger partial charge >= 0.3 is 11.9 Å². The molecule has 0 unspecified atom stereocenters. The lowest BCUT2D eigenvalue weighted by Gasteiger charge is -2.07. The van der Waals surface area contributed by atoms with Gasteiger partial charge in [-0.15, -0.1) is 0 Å². The zero-order valence-electron chi connectivity index (χ0n) is 6.86. The van der Waals surface area contributed by atoms with Crippen molar-refractivity contribution in [3.63, 3.8) is 0 Å². The predicted molar refractivity (Wildman–Crippen MR) is 40.6 cm³/mol.